The number of hydrogen-bond donors (Lipinski definition) is 2. The zero-order chi connectivity index (χ0) is 8.69. The van der Waals surface area contributed by atoms with E-state index in [1.807, 2.05) is 6.92 Å². The highest BCUT2D eigenvalue weighted by Crippen LogP contribution is 1.95. The molecule has 0 amide bonds. The first-order chi connectivity index (χ1) is 5.16. The molecule has 0 saturated heterocycles. The molecular weight excluding hydrogens is 140 g/mol. The summed E-state index contributed by atoms with van der Waals surface area (Å²) in [6.07, 6.45) is 1.01. The molecule has 0 aromatic rings. The average Bonchev–Trinajstić information content (AvgIpc) is 1.86. The Labute approximate surface area is 68.0 Å². The maximum atomic E-state index is 8.97. The minimum atomic E-state index is -0.264. The number of nitrogens with zero attached hydrogens (tertiary/aromatic N) is 1. The van der Waals surface area contributed by atoms with Crippen LogP contribution in [0, 0.1) is 11.3 Å². The molecule has 0 rings (SSSR count). The summed E-state index contributed by atoms with van der Waals surface area (Å²) in [6, 6.07) is 2.35. The number of rotatable bonds is 5. The molecule has 0 aliphatic rings. The summed E-state index contributed by atoms with van der Waals surface area (Å²) in [6.45, 7) is 4.48. The van der Waals surface area contributed by atoms with Crippen molar-refractivity contribution in [3.63, 3.8) is 0 Å². The molecule has 0 saturated carbocycles. The van der Waals surface area contributed by atoms with Gasteiger partial charge in [-0.25, -0.2) is 0 Å². The highest BCUT2D eigenvalue weighted by molar-refractivity contribution is 4.72. The molecule has 0 spiro atoms. The fourth-order valence-electron chi connectivity index (χ4n) is 0.969. The van der Waals surface area contributed by atoms with Crippen molar-refractivity contribution in [3.8, 4) is 6.07 Å². The molecule has 3 nitrogen and oxygen atoms in total. The Balaban J connectivity index is 3.24. The zero-order valence-corrected chi connectivity index (χ0v) is 7.17. The molecule has 64 valence electrons. The number of nitrogens with one attached hydrogen (secondary N) is 1. The van der Waals surface area contributed by atoms with Crippen LogP contribution in [0.5, 0.6) is 0 Å². The van der Waals surface area contributed by atoms with Crippen LogP contribution in [0.1, 0.15) is 26.7 Å². The Morgan fingerprint density at radius 1 is 1.55 bits per heavy atom. The Morgan fingerprint density at radius 2 is 2.18 bits per heavy atom. The van der Waals surface area contributed by atoms with Gasteiger partial charge in [0.15, 0.2) is 0 Å². The van der Waals surface area contributed by atoms with E-state index in [4.69, 9.17) is 10.4 Å². The molecule has 0 fully saturated rings. The summed E-state index contributed by atoms with van der Waals surface area (Å²) in [5.74, 6) is 0. The first-order valence-electron chi connectivity index (χ1n) is 3.95. The largest absolute Gasteiger partial charge is 0.393 e. The van der Waals surface area contributed by atoms with Gasteiger partial charge >= 0.3 is 0 Å². The van der Waals surface area contributed by atoms with Crippen LogP contribution in [0.3, 0.4) is 0 Å². The average molecular weight is 156 g/mol. The van der Waals surface area contributed by atoms with E-state index in [0.717, 1.165) is 6.42 Å². The van der Waals surface area contributed by atoms with E-state index < -0.39 is 0 Å². The molecule has 0 heterocycles. The van der Waals surface area contributed by atoms with Gasteiger partial charge in [-0.1, -0.05) is 0 Å². The molecule has 0 bridgehead atoms. The van der Waals surface area contributed by atoms with Crippen LogP contribution in [-0.4, -0.2) is 23.8 Å². The number of nitriles is 1. The van der Waals surface area contributed by atoms with Gasteiger partial charge in [0.2, 0.25) is 0 Å². The lowest BCUT2D eigenvalue weighted by atomic mass is 10.1. The van der Waals surface area contributed by atoms with Gasteiger partial charge in [-0.2, -0.15) is 5.26 Å². The second kappa shape index (κ2) is 6.14. The summed E-state index contributed by atoms with van der Waals surface area (Å²) in [4.78, 5) is 0. The molecule has 0 aromatic heterocycles. The van der Waals surface area contributed by atoms with Crippen molar-refractivity contribution in [3.05, 3.63) is 0 Å². The van der Waals surface area contributed by atoms with Crippen LogP contribution >= 0.6 is 0 Å². The first-order valence-corrected chi connectivity index (χ1v) is 3.95. The molecule has 0 aliphatic carbocycles. The molecule has 2 unspecified atom stereocenters. The van der Waals surface area contributed by atoms with Gasteiger partial charge in [-0.05, 0) is 20.3 Å². The molecule has 0 radical (unpaired) electrons. The number of aliphatic hydroxyl groups excluding tert-OH is 1. The molecule has 0 aliphatic heterocycles. The maximum Gasteiger partial charge on any atom is 0.0635 e. The summed E-state index contributed by atoms with van der Waals surface area (Å²) < 4.78 is 0. The lowest BCUT2D eigenvalue weighted by molar-refractivity contribution is 0.171. The summed E-state index contributed by atoms with van der Waals surface area (Å²) >= 11 is 0. The van der Waals surface area contributed by atoms with Gasteiger partial charge in [0.1, 0.15) is 0 Å². The Hall–Kier alpha value is -0.590. The molecule has 2 N–H and O–H groups in total. The van der Waals surface area contributed by atoms with Gasteiger partial charge in [0.05, 0.1) is 12.2 Å². The van der Waals surface area contributed by atoms with E-state index in [1.54, 1.807) is 6.92 Å². The fraction of sp³-hybridized carbons (Fsp3) is 0.875. The number of aliphatic hydroxyl groups is 1. The van der Waals surface area contributed by atoms with E-state index >= 15 is 0 Å². The van der Waals surface area contributed by atoms with Gasteiger partial charge in [-0.15, -0.1) is 0 Å². The van der Waals surface area contributed by atoms with Crippen molar-refractivity contribution < 1.29 is 5.11 Å². The molecule has 0 aromatic carbocycles. The SMILES string of the molecule is CC(O)CC(C)NCCC#N. The predicted molar refractivity (Wildman–Crippen MR) is 44.0 cm³/mol. The minimum absolute atomic E-state index is 0.264. The minimum Gasteiger partial charge on any atom is -0.393 e. The van der Waals surface area contributed by atoms with Crippen molar-refractivity contribution in [1.82, 2.24) is 5.32 Å². The van der Waals surface area contributed by atoms with E-state index in [9.17, 15) is 0 Å². The zero-order valence-electron chi connectivity index (χ0n) is 7.17. The van der Waals surface area contributed by atoms with Crippen LogP contribution in [0.15, 0.2) is 0 Å². The molecule has 3 heteroatoms. The normalized spacial score (nSPS) is 15.5. The third-order valence-corrected chi connectivity index (χ3v) is 1.42. The van der Waals surface area contributed by atoms with Crippen molar-refractivity contribution in [2.75, 3.05) is 6.54 Å². The van der Waals surface area contributed by atoms with E-state index in [-0.39, 0.29) is 6.10 Å². The lowest BCUT2D eigenvalue weighted by Gasteiger charge is -2.13. The van der Waals surface area contributed by atoms with Gasteiger partial charge in [-0.3, -0.25) is 0 Å². The summed E-state index contributed by atoms with van der Waals surface area (Å²) in [7, 11) is 0. The highest BCUT2D eigenvalue weighted by Gasteiger charge is 2.03. The molecular formula is C8H16N2O. The summed E-state index contributed by atoms with van der Waals surface area (Å²) in [5.41, 5.74) is 0. The highest BCUT2D eigenvalue weighted by atomic mass is 16.3. The van der Waals surface area contributed by atoms with E-state index in [2.05, 4.69) is 11.4 Å². The van der Waals surface area contributed by atoms with E-state index in [0.29, 0.717) is 19.0 Å². The number of hydrogen-bond acceptors (Lipinski definition) is 3. The predicted octanol–water partition coefficient (Wildman–Crippen LogP) is 0.649. The van der Waals surface area contributed by atoms with E-state index in [1.165, 1.54) is 0 Å². The second-order valence-corrected chi connectivity index (χ2v) is 2.85. The smallest absolute Gasteiger partial charge is 0.0635 e. The maximum absolute atomic E-state index is 8.97. The fourth-order valence-corrected chi connectivity index (χ4v) is 0.969. The van der Waals surface area contributed by atoms with Gasteiger partial charge < -0.3 is 10.4 Å². The van der Waals surface area contributed by atoms with Gasteiger partial charge in [0.25, 0.3) is 0 Å². The van der Waals surface area contributed by atoms with Crippen LogP contribution in [0.2, 0.25) is 0 Å². The second-order valence-electron chi connectivity index (χ2n) is 2.85. The molecule has 2 atom stereocenters. The van der Waals surface area contributed by atoms with Crippen LogP contribution < -0.4 is 5.32 Å². The van der Waals surface area contributed by atoms with Crippen molar-refractivity contribution >= 4 is 0 Å². The first kappa shape index (κ1) is 10.4. The summed E-state index contributed by atoms with van der Waals surface area (Å²) in [5, 5.41) is 20.3. The van der Waals surface area contributed by atoms with Crippen LogP contribution in [0.25, 0.3) is 0 Å². The lowest BCUT2D eigenvalue weighted by Crippen LogP contribution is -2.29. The van der Waals surface area contributed by atoms with Crippen molar-refractivity contribution in [2.24, 2.45) is 0 Å². The Morgan fingerprint density at radius 3 is 2.64 bits per heavy atom. The Bertz CT molecular complexity index is 129. The van der Waals surface area contributed by atoms with Crippen molar-refractivity contribution in [2.45, 2.75) is 38.8 Å². The molecule has 11 heavy (non-hydrogen) atoms. The van der Waals surface area contributed by atoms with Crippen molar-refractivity contribution in [1.29, 1.82) is 5.26 Å². The van der Waals surface area contributed by atoms with Crippen LogP contribution in [0.4, 0.5) is 0 Å². The van der Waals surface area contributed by atoms with Crippen LogP contribution in [-0.2, 0) is 0 Å². The third-order valence-electron chi connectivity index (χ3n) is 1.42. The standard InChI is InChI=1S/C8H16N2O/c1-7(6-8(2)11)10-5-3-4-9/h7-8,10-11H,3,5-6H2,1-2H3. The Kier molecular flexibility index (Phi) is 5.81. The van der Waals surface area contributed by atoms with Gasteiger partial charge in [0, 0.05) is 19.0 Å². The third kappa shape index (κ3) is 7.31. The monoisotopic (exact) mass is 156 g/mol. The quantitative estimate of drug-likeness (QED) is 0.574. The topological polar surface area (TPSA) is 56.0 Å².